The van der Waals surface area contributed by atoms with Gasteiger partial charge in [-0.15, -0.1) is 0 Å². The van der Waals surface area contributed by atoms with Gasteiger partial charge in [-0.1, -0.05) is 18.2 Å². The molecule has 38 heavy (non-hydrogen) atoms. The molecule has 2 aromatic carbocycles. The van der Waals surface area contributed by atoms with Gasteiger partial charge in [0.2, 0.25) is 0 Å². The van der Waals surface area contributed by atoms with Crippen molar-refractivity contribution in [2.75, 3.05) is 36.0 Å². The number of primary amides is 1. The van der Waals surface area contributed by atoms with E-state index in [2.05, 4.69) is 0 Å². The molecule has 12 heteroatoms. The molecular weight excluding hydrogens is 494 g/mol. The van der Waals surface area contributed by atoms with Crippen LogP contribution in [0.15, 0.2) is 42.5 Å². The van der Waals surface area contributed by atoms with Crippen LogP contribution in [0.4, 0.5) is 26.7 Å². The molecule has 0 aromatic heterocycles. The summed E-state index contributed by atoms with van der Waals surface area (Å²) in [7, 11) is 0. The smallest absolute Gasteiger partial charge is 0.414 e. The Bertz CT molecular complexity index is 1260. The lowest BCUT2D eigenvalue weighted by molar-refractivity contribution is -0.384. The fourth-order valence-corrected chi connectivity index (χ4v) is 5.52. The first-order chi connectivity index (χ1) is 18.3. The fourth-order valence-electron chi connectivity index (χ4n) is 5.52. The van der Waals surface area contributed by atoms with Crippen molar-refractivity contribution >= 4 is 35.2 Å². The Labute approximate surface area is 219 Å². The van der Waals surface area contributed by atoms with Gasteiger partial charge in [0.1, 0.15) is 18.4 Å². The summed E-state index contributed by atoms with van der Waals surface area (Å²) >= 11 is 0. The van der Waals surface area contributed by atoms with E-state index in [-0.39, 0.29) is 42.4 Å². The van der Waals surface area contributed by atoms with E-state index in [1.807, 2.05) is 29.2 Å². The van der Waals surface area contributed by atoms with Gasteiger partial charge in [0.15, 0.2) is 0 Å². The molecule has 0 spiro atoms. The van der Waals surface area contributed by atoms with Crippen molar-refractivity contribution < 1.29 is 28.8 Å². The van der Waals surface area contributed by atoms with Crippen LogP contribution in [0.25, 0.3) is 0 Å². The molecule has 3 aliphatic rings. The number of hydrogen-bond acceptors (Lipinski definition) is 8. The zero-order valence-corrected chi connectivity index (χ0v) is 20.8. The molecule has 3 amide bonds. The Hall–Kier alpha value is -4.35. The van der Waals surface area contributed by atoms with Crippen LogP contribution in [0.2, 0.25) is 0 Å². The van der Waals surface area contributed by atoms with Crippen LogP contribution in [0, 0.1) is 10.1 Å². The second kappa shape index (κ2) is 10.6. The molecule has 3 aliphatic heterocycles. The van der Waals surface area contributed by atoms with Crippen molar-refractivity contribution in [3.63, 3.8) is 0 Å². The van der Waals surface area contributed by atoms with E-state index in [4.69, 9.17) is 15.2 Å². The zero-order chi connectivity index (χ0) is 26.8. The number of anilines is 2. The number of likely N-dealkylation sites (tertiary alicyclic amines) is 1. The maximum atomic E-state index is 13.1. The Kier molecular flexibility index (Phi) is 7.03. The number of cyclic esters (lactones) is 1. The van der Waals surface area contributed by atoms with Crippen LogP contribution in [0.1, 0.15) is 41.6 Å². The highest BCUT2D eigenvalue weighted by molar-refractivity contribution is 5.96. The molecule has 2 fully saturated rings. The Balaban J connectivity index is 1.29. The number of fused-ring (bicyclic) bond motifs is 1. The molecule has 0 radical (unpaired) electrons. The Morgan fingerprint density at radius 1 is 1.05 bits per heavy atom. The van der Waals surface area contributed by atoms with Crippen molar-refractivity contribution in [2.24, 2.45) is 5.73 Å². The number of carbonyl (C=O) groups excluding carboxylic acids is 3. The van der Waals surface area contributed by atoms with E-state index in [9.17, 15) is 24.5 Å². The van der Waals surface area contributed by atoms with E-state index in [1.54, 1.807) is 17.0 Å². The first-order valence-electron chi connectivity index (χ1n) is 12.6. The average Bonchev–Trinajstić information content (AvgIpc) is 2.92. The molecule has 1 atom stereocenters. The van der Waals surface area contributed by atoms with Gasteiger partial charge in [-0.2, -0.15) is 0 Å². The fraction of sp³-hybridized carbons (Fsp3) is 0.423. The van der Waals surface area contributed by atoms with E-state index in [0.717, 1.165) is 11.3 Å². The second-order valence-electron chi connectivity index (χ2n) is 9.68. The maximum absolute atomic E-state index is 13.1. The summed E-state index contributed by atoms with van der Waals surface area (Å²) in [6.45, 7) is 1.90. The largest absolute Gasteiger partial charge is 0.445 e. The number of ether oxygens (including phenoxy) is 2. The summed E-state index contributed by atoms with van der Waals surface area (Å²) in [6.07, 6.45) is 0.680. The number of amides is 3. The molecular formula is C26H29N5O7. The molecule has 0 saturated carbocycles. The number of benzene rings is 2. The molecule has 5 rings (SSSR count). The molecule has 2 aromatic rings. The number of rotatable bonds is 5. The lowest BCUT2D eigenvalue weighted by Gasteiger charge is -2.40. The van der Waals surface area contributed by atoms with E-state index < -0.39 is 17.1 Å². The number of nitrogens with zero attached hydrogens (tertiary/aromatic N) is 4. The van der Waals surface area contributed by atoms with E-state index in [1.165, 1.54) is 11.0 Å². The molecule has 0 aliphatic carbocycles. The summed E-state index contributed by atoms with van der Waals surface area (Å²) in [6, 6.07) is 12.1. The molecule has 2 saturated heterocycles. The molecule has 3 heterocycles. The van der Waals surface area contributed by atoms with Gasteiger partial charge < -0.3 is 25.0 Å². The number of hydrogen-bond donors (Lipinski definition) is 1. The minimum atomic E-state index is -0.894. The van der Waals surface area contributed by atoms with Crippen molar-refractivity contribution in [1.82, 2.24) is 4.90 Å². The molecule has 1 unspecified atom stereocenters. The number of para-hydroxylation sites is 1. The molecule has 12 nitrogen and oxygen atoms in total. The number of nitro groups is 1. The SMILES string of the molecule is NC(=O)OC1CCCN(C(=O)c2ccc(N3CCC(N4C(=O)OCc5ccccc54)CC3)c([N+](=O)[O-])c2)C1. The van der Waals surface area contributed by atoms with Crippen LogP contribution in [0.3, 0.4) is 0 Å². The van der Waals surface area contributed by atoms with Crippen molar-refractivity contribution in [1.29, 1.82) is 0 Å². The molecule has 200 valence electrons. The van der Waals surface area contributed by atoms with Crippen molar-refractivity contribution in [3.05, 3.63) is 63.7 Å². The van der Waals surface area contributed by atoms with Crippen molar-refractivity contribution in [3.8, 4) is 0 Å². The predicted molar refractivity (Wildman–Crippen MR) is 137 cm³/mol. The van der Waals surface area contributed by atoms with Gasteiger partial charge in [0.05, 0.1) is 17.2 Å². The van der Waals surface area contributed by atoms with Gasteiger partial charge in [-0.25, -0.2) is 9.59 Å². The normalized spacial score (nSPS) is 19.9. The third-order valence-electron chi connectivity index (χ3n) is 7.34. The zero-order valence-electron chi connectivity index (χ0n) is 20.8. The van der Waals surface area contributed by atoms with E-state index in [0.29, 0.717) is 51.0 Å². The molecule has 2 N–H and O–H groups in total. The highest BCUT2D eigenvalue weighted by Gasteiger charge is 2.35. The standard InChI is InChI=1S/C26H29N5O7/c27-25(33)38-20-5-3-11-29(15-20)24(32)17-7-8-22(23(14-17)31(35)36)28-12-9-19(10-13-28)30-21-6-2-1-4-18(21)16-37-26(30)34/h1-2,4,6-8,14,19-20H,3,5,9-13,15-16H2,(H2,27,33). The topological polar surface area (TPSA) is 149 Å². The monoisotopic (exact) mass is 523 g/mol. The Morgan fingerprint density at radius 2 is 1.82 bits per heavy atom. The minimum absolute atomic E-state index is 0.0882. The van der Waals surface area contributed by atoms with Gasteiger partial charge >= 0.3 is 12.2 Å². The molecule has 0 bridgehead atoms. The minimum Gasteiger partial charge on any atom is -0.445 e. The highest BCUT2D eigenvalue weighted by atomic mass is 16.6. The summed E-state index contributed by atoms with van der Waals surface area (Å²) in [5.74, 6) is -0.363. The third-order valence-corrected chi connectivity index (χ3v) is 7.34. The van der Waals surface area contributed by atoms with Crippen molar-refractivity contribution in [2.45, 2.75) is 44.4 Å². The second-order valence-corrected chi connectivity index (χ2v) is 9.68. The first kappa shape index (κ1) is 25.3. The number of carbonyl (C=O) groups is 3. The van der Waals surface area contributed by atoms with Crippen LogP contribution in [-0.4, -0.2) is 66.2 Å². The van der Waals surface area contributed by atoms with Gasteiger partial charge in [-0.05, 0) is 43.9 Å². The number of piperidine rings is 2. The van der Waals surface area contributed by atoms with Gasteiger partial charge in [0.25, 0.3) is 11.6 Å². The Morgan fingerprint density at radius 3 is 2.55 bits per heavy atom. The van der Waals surface area contributed by atoms with Crippen LogP contribution in [-0.2, 0) is 16.1 Å². The number of nitrogens with two attached hydrogens (primary N) is 1. The quantitative estimate of drug-likeness (QED) is 0.463. The third kappa shape index (κ3) is 5.06. The van der Waals surface area contributed by atoms with Crippen LogP contribution < -0.4 is 15.5 Å². The number of nitro benzene ring substituents is 1. The maximum Gasteiger partial charge on any atom is 0.414 e. The summed E-state index contributed by atoms with van der Waals surface area (Å²) in [5, 5.41) is 12.0. The lowest BCUT2D eigenvalue weighted by Crippen LogP contribution is -2.49. The van der Waals surface area contributed by atoms with Gasteiger partial charge in [0, 0.05) is 42.9 Å². The lowest BCUT2D eigenvalue weighted by atomic mass is 9.99. The average molecular weight is 524 g/mol. The highest BCUT2D eigenvalue weighted by Crippen LogP contribution is 2.35. The van der Waals surface area contributed by atoms with Gasteiger partial charge in [-0.3, -0.25) is 19.8 Å². The predicted octanol–water partition coefficient (Wildman–Crippen LogP) is 3.42. The summed E-state index contributed by atoms with van der Waals surface area (Å²) < 4.78 is 10.4. The summed E-state index contributed by atoms with van der Waals surface area (Å²) in [4.78, 5) is 53.4. The van der Waals surface area contributed by atoms with Crippen LogP contribution in [0.5, 0.6) is 0 Å². The first-order valence-corrected chi connectivity index (χ1v) is 12.6. The summed E-state index contributed by atoms with van der Waals surface area (Å²) in [5.41, 5.74) is 7.38. The van der Waals surface area contributed by atoms with E-state index >= 15 is 0 Å². The van der Waals surface area contributed by atoms with Crippen LogP contribution >= 0.6 is 0 Å².